The highest BCUT2D eigenvalue weighted by Gasteiger charge is 2.23. The summed E-state index contributed by atoms with van der Waals surface area (Å²) in [7, 11) is 5.77. The molecule has 136 valence electrons. The van der Waals surface area contributed by atoms with Gasteiger partial charge in [-0.3, -0.25) is 14.4 Å². The zero-order chi connectivity index (χ0) is 18.8. The average molecular weight is 350 g/mol. The molecule has 0 saturated carbocycles. The molecule has 0 fully saturated rings. The van der Waals surface area contributed by atoms with Crippen molar-refractivity contribution in [1.82, 2.24) is 20.0 Å². The monoisotopic (exact) mass is 350 g/mol. The minimum absolute atomic E-state index is 0.0212. The third-order valence-electron chi connectivity index (χ3n) is 4.63. The van der Waals surface area contributed by atoms with Crippen LogP contribution in [0.25, 0.3) is 10.9 Å². The van der Waals surface area contributed by atoms with Gasteiger partial charge in [0.05, 0.1) is 17.8 Å². The van der Waals surface area contributed by atoms with E-state index >= 15 is 0 Å². The van der Waals surface area contributed by atoms with Crippen molar-refractivity contribution in [3.8, 4) is 0 Å². The Balaban J connectivity index is 1.82. The highest BCUT2D eigenvalue weighted by molar-refractivity contribution is 5.85. The van der Waals surface area contributed by atoms with Gasteiger partial charge in [0.15, 0.2) is 0 Å². The summed E-state index contributed by atoms with van der Waals surface area (Å²) in [6, 6.07) is 14.0. The Bertz CT molecular complexity index is 942. The van der Waals surface area contributed by atoms with Crippen LogP contribution in [0.1, 0.15) is 28.4 Å². The first-order valence-corrected chi connectivity index (χ1v) is 8.80. The number of carbonyl (C=O) groups is 1. The van der Waals surface area contributed by atoms with Crippen LogP contribution in [0.5, 0.6) is 0 Å². The lowest BCUT2D eigenvalue weighted by Gasteiger charge is -2.24. The Hall–Kier alpha value is -2.66. The van der Waals surface area contributed by atoms with Gasteiger partial charge in [-0.25, -0.2) is 0 Å². The average Bonchev–Trinajstić information content (AvgIpc) is 2.88. The Morgan fingerprint density at radius 2 is 1.88 bits per heavy atom. The number of rotatable bonds is 5. The van der Waals surface area contributed by atoms with E-state index in [0.29, 0.717) is 6.54 Å². The fraction of sp³-hybridized carbons (Fsp3) is 0.333. The number of hydrogen-bond acceptors (Lipinski definition) is 3. The van der Waals surface area contributed by atoms with Crippen molar-refractivity contribution >= 4 is 16.8 Å². The summed E-state index contributed by atoms with van der Waals surface area (Å²) in [5.41, 5.74) is 5.29. The second kappa shape index (κ2) is 7.30. The van der Waals surface area contributed by atoms with E-state index in [9.17, 15) is 4.79 Å². The van der Waals surface area contributed by atoms with Gasteiger partial charge in [0.25, 0.3) is 0 Å². The largest absolute Gasteiger partial charge is 0.349 e. The molecule has 0 saturated heterocycles. The Labute approximate surface area is 154 Å². The highest BCUT2D eigenvalue weighted by atomic mass is 16.2. The van der Waals surface area contributed by atoms with Crippen molar-refractivity contribution in [3.05, 3.63) is 64.8 Å². The van der Waals surface area contributed by atoms with Gasteiger partial charge in [-0.15, -0.1) is 0 Å². The van der Waals surface area contributed by atoms with Crippen molar-refractivity contribution in [3.63, 3.8) is 0 Å². The molecule has 0 aliphatic carbocycles. The molecule has 1 amide bonds. The summed E-state index contributed by atoms with van der Waals surface area (Å²) in [5, 5.41) is 8.74. The molecule has 26 heavy (non-hydrogen) atoms. The maximum atomic E-state index is 12.9. The highest BCUT2D eigenvalue weighted by Crippen LogP contribution is 2.22. The number of aryl methyl sites for hydroxylation is 3. The number of likely N-dealkylation sites (N-methyl/N-ethyl adjacent to an activating group) is 1. The number of fused-ring (bicyclic) bond motifs is 1. The van der Waals surface area contributed by atoms with Crippen LogP contribution in [0.4, 0.5) is 0 Å². The van der Waals surface area contributed by atoms with Gasteiger partial charge in [0.1, 0.15) is 6.04 Å². The van der Waals surface area contributed by atoms with Crippen LogP contribution < -0.4 is 5.32 Å². The molecule has 0 bridgehead atoms. The fourth-order valence-electron chi connectivity index (χ4n) is 3.37. The van der Waals surface area contributed by atoms with Crippen LogP contribution in [-0.2, 0) is 18.4 Å². The lowest BCUT2D eigenvalue weighted by molar-refractivity contribution is -0.125. The summed E-state index contributed by atoms with van der Waals surface area (Å²) in [5.74, 6) is -0.0212. The van der Waals surface area contributed by atoms with E-state index < -0.39 is 0 Å². The molecule has 1 heterocycles. The van der Waals surface area contributed by atoms with Crippen molar-refractivity contribution in [2.24, 2.45) is 7.05 Å². The lowest BCUT2D eigenvalue weighted by atomic mass is 10.0. The van der Waals surface area contributed by atoms with Gasteiger partial charge in [0, 0.05) is 12.4 Å². The molecule has 0 spiro atoms. The molecule has 5 nitrogen and oxygen atoms in total. The van der Waals surface area contributed by atoms with Crippen LogP contribution in [0.15, 0.2) is 42.5 Å². The topological polar surface area (TPSA) is 50.2 Å². The summed E-state index contributed by atoms with van der Waals surface area (Å²) < 4.78 is 1.86. The van der Waals surface area contributed by atoms with Crippen LogP contribution >= 0.6 is 0 Å². The standard InChI is InChI=1S/C21H26N4O/c1-14-7-6-8-16(11-14)20(24(3)4)21(26)22-13-18-17-12-15(2)9-10-19(17)25(5)23-18/h6-12,20H,13H2,1-5H3,(H,22,26). The molecule has 2 aromatic carbocycles. The van der Waals surface area contributed by atoms with E-state index in [4.69, 9.17) is 0 Å². The smallest absolute Gasteiger partial charge is 0.242 e. The molecule has 0 radical (unpaired) electrons. The summed E-state index contributed by atoms with van der Waals surface area (Å²) in [6.07, 6.45) is 0. The molecular formula is C21H26N4O. The molecule has 3 rings (SSSR count). The summed E-state index contributed by atoms with van der Waals surface area (Å²) >= 11 is 0. The van der Waals surface area contributed by atoms with Crippen molar-refractivity contribution in [2.45, 2.75) is 26.4 Å². The van der Waals surface area contributed by atoms with Crippen LogP contribution in [0, 0.1) is 13.8 Å². The molecule has 5 heteroatoms. The molecule has 1 atom stereocenters. The molecule has 1 unspecified atom stereocenters. The third kappa shape index (κ3) is 3.63. The predicted octanol–water partition coefficient (Wildman–Crippen LogP) is 3.11. The van der Waals surface area contributed by atoms with Gasteiger partial charge in [0.2, 0.25) is 5.91 Å². The first kappa shape index (κ1) is 18.1. The number of carbonyl (C=O) groups excluding carboxylic acids is 1. The first-order valence-electron chi connectivity index (χ1n) is 8.80. The Morgan fingerprint density at radius 1 is 1.15 bits per heavy atom. The number of amides is 1. The van der Waals surface area contributed by atoms with E-state index in [2.05, 4.69) is 41.6 Å². The number of aromatic nitrogens is 2. The van der Waals surface area contributed by atoms with Crippen LogP contribution in [0.2, 0.25) is 0 Å². The third-order valence-corrected chi connectivity index (χ3v) is 4.63. The van der Waals surface area contributed by atoms with E-state index in [0.717, 1.165) is 27.7 Å². The molecule has 1 aromatic heterocycles. The Morgan fingerprint density at radius 3 is 2.58 bits per heavy atom. The van der Waals surface area contributed by atoms with Crippen LogP contribution in [-0.4, -0.2) is 34.7 Å². The predicted molar refractivity (Wildman–Crippen MR) is 105 cm³/mol. The SMILES string of the molecule is Cc1cccc(C(C(=O)NCc2nn(C)c3ccc(C)cc23)N(C)C)c1. The normalized spacial score (nSPS) is 12.5. The molecule has 1 N–H and O–H groups in total. The first-order chi connectivity index (χ1) is 12.4. The maximum absolute atomic E-state index is 12.9. The van der Waals surface area contributed by atoms with Crippen molar-refractivity contribution < 1.29 is 4.79 Å². The van der Waals surface area contributed by atoms with Gasteiger partial charge < -0.3 is 5.32 Å². The number of nitrogens with zero attached hydrogens (tertiary/aromatic N) is 3. The number of nitrogens with one attached hydrogen (secondary N) is 1. The maximum Gasteiger partial charge on any atom is 0.242 e. The van der Waals surface area contributed by atoms with Crippen LogP contribution in [0.3, 0.4) is 0 Å². The van der Waals surface area contributed by atoms with E-state index in [1.54, 1.807) is 0 Å². The van der Waals surface area contributed by atoms with E-state index in [1.165, 1.54) is 5.56 Å². The minimum atomic E-state index is -0.327. The zero-order valence-electron chi connectivity index (χ0n) is 16.1. The van der Waals surface area contributed by atoms with E-state index in [-0.39, 0.29) is 11.9 Å². The molecular weight excluding hydrogens is 324 g/mol. The van der Waals surface area contributed by atoms with E-state index in [1.807, 2.05) is 55.8 Å². The zero-order valence-corrected chi connectivity index (χ0v) is 16.1. The van der Waals surface area contributed by atoms with Crippen molar-refractivity contribution in [2.75, 3.05) is 14.1 Å². The van der Waals surface area contributed by atoms with Gasteiger partial charge in [-0.1, -0.05) is 41.5 Å². The fourth-order valence-corrected chi connectivity index (χ4v) is 3.37. The quantitative estimate of drug-likeness (QED) is 0.769. The van der Waals surface area contributed by atoms with Gasteiger partial charge in [-0.2, -0.15) is 5.10 Å². The molecule has 0 aliphatic heterocycles. The molecule has 0 aliphatic rings. The second-order valence-corrected chi connectivity index (χ2v) is 7.09. The number of benzene rings is 2. The Kier molecular flexibility index (Phi) is 5.09. The second-order valence-electron chi connectivity index (χ2n) is 7.09. The lowest BCUT2D eigenvalue weighted by Crippen LogP contribution is -2.36. The van der Waals surface area contributed by atoms with Gasteiger partial charge >= 0.3 is 0 Å². The summed E-state index contributed by atoms with van der Waals surface area (Å²) in [6.45, 7) is 4.51. The van der Waals surface area contributed by atoms with Gasteiger partial charge in [-0.05, 0) is 45.6 Å². The summed E-state index contributed by atoms with van der Waals surface area (Å²) in [4.78, 5) is 14.8. The minimum Gasteiger partial charge on any atom is -0.349 e. The number of hydrogen-bond donors (Lipinski definition) is 1. The van der Waals surface area contributed by atoms with Crippen molar-refractivity contribution in [1.29, 1.82) is 0 Å². The molecule has 3 aromatic rings.